The number of rotatable bonds is 0. The number of alkyl halides is 1. The minimum Gasteiger partial charge on any atom is -0.0843 e. The molecule has 0 aliphatic heterocycles. The average molecular weight is 236 g/mol. The van der Waals surface area contributed by atoms with Crippen LogP contribution in [0.5, 0.6) is 0 Å². The van der Waals surface area contributed by atoms with E-state index in [0.29, 0.717) is 0 Å². The van der Waals surface area contributed by atoms with Crippen molar-refractivity contribution < 1.29 is 0 Å². The molecule has 1 aliphatic carbocycles. The molecule has 0 radical (unpaired) electrons. The molecule has 1 aliphatic rings. The van der Waals surface area contributed by atoms with Gasteiger partial charge in [-0.1, -0.05) is 41.2 Å². The van der Waals surface area contributed by atoms with E-state index in [0.717, 1.165) is 9.84 Å². The van der Waals surface area contributed by atoms with Crippen LogP contribution in [-0.2, 0) is 0 Å². The highest BCUT2D eigenvalue weighted by atomic mass is 127. The van der Waals surface area contributed by atoms with Gasteiger partial charge in [0.05, 0.1) is 0 Å². The molecule has 0 saturated heterocycles. The lowest BCUT2D eigenvalue weighted by atomic mass is 9.92. The van der Waals surface area contributed by atoms with Gasteiger partial charge in [-0.2, -0.15) is 0 Å². The zero-order valence-corrected chi connectivity index (χ0v) is 8.18. The zero-order valence-electron chi connectivity index (χ0n) is 6.02. The smallest absolute Gasteiger partial charge is 0.0318 e. The van der Waals surface area contributed by atoms with Crippen molar-refractivity contribution in [2.24, 2.45) is 5.92 Å². The maximum Gasteiger partial charge on any atom is 0.0318 e. The standard InChI is InChI=1S/C8H13I/c1-6-3-4-7(2)8(9)5-6/h4,6,8H,3,5H2,1-2H3/t6-,8-/m1/s1. The van der Waals surface area contributed by atoms with E-state index in [1.807, 2.05) is 0 Å². The van der Waals surface area contributed by atoms with Crippen LogP contribution >= 0.6 is 22.6 Å². The molecule has 52 valence electrons. The summed E-state index contributed by atoms with van der Waals surface area (Å²) in [7, 11) is 0. The highest BCUT2D eigenvalue weighted by Gasteiger charge is 2.15. The fourth-order valence-electron chi connectivity index (χ4n) is 1.15. The van der Waals surface area contributed by atoms with Crippen molar-refractivity contribution in [2.45, 2.75) is 30.6 Å². The van der Waals surface area contributed by atoms with Crippen molar-refractivity contribution in [3.8, 4) is 0 Å². The molecule has 0 saturated carbocycles. The number of allylic oxidation sites excluding steroid dienone is 2. The van der Waals surface area contributed by atoms with Crippen LogP contribution in [0.25, 0.3) is 0 Å². The summed E-state index contributed by atoms with van der Waals surface area (Å²) in [4.78, 5) is 0. The normalized spacial score (nSPS) is 36.1. The summed E-state index contributed by atoms with van der Waals surface area (Å²) < 4.78 is 0.811. The summed E-state index contributed by atoms with van der Waals surface area (Å²) in [6.07, 6.45) is 5.06. The Kier molecular flexibility index (Phi) is 2.56. The molecule has 0 aromatic heterocycles. The summed E-state index contributed by atoms with van der Waals surface area (Å²) in [5, 5.41) is 0. The van der Waals surface area contributed by atoms with Crippen molar-refractivity contribution in [1.82, 2.24) is 0 Å². The van der Waals surface area contributed by atoms with Crippen molar-refractivity contribution in [3.05, 3.63) is 11.6 Å². The summed E-state index contributed by atoms with van der Waals surface area (Å²) in [6.45, 7) is 4.57. The Morgan fingerprint density at radius 1 is 1.67 bits per heavy atom. The third-order valence-corrected chi connectivity index (χ3v) is 3.44. The highest BCUT2D eigenvalue weighted by Crippen LogP contribution is 2.28. The Labute approximate surface area is 70.9 Å². The van der Waals surface area contributed by atoms with Gasteiger partial charge in [-0.15, -0.1) is 0 Å². The summed E-state index contributed by atoms with van der Waals surface area (Å²) in [6, 6.07) is 0. The van der Waals surface area contributed by atoms with Gasteiger partial charge in [0.1, 0.15) is 0 Å². The third kappa shape index (κ3) is 1.95. The lowest BCUT2D eigenvalue weighted by Crippen LogP contribution is -2.11. The van der Waals surface area contributed by atoms with E-state index in [1.54, 1.807) is 5.57 Å². The molecule has 0 aromatic carbocycles. The van der Waals surface area contributed by atoms with Crippen molar-refractivity contribution >= 4 is 22.6 Å². The molecular weight excluding hydrogens is 223 g/mol. The zero-order chi connectivity index (χ0) is 6.85. The molecule has 2 atom stereocenters. The topological polar surface area (TPSA) is 0 Å². The Morgan fingerprint density at radius 2 is 2.33 bits per heavy atom. The predicted octanol–water partition coefficient (Wildman–Crippen LogP) is 3.17. The fourth-order valence-corrected chi connectivity index (χ4v) is 2.27. The molecule has 0 fully saturated rings. The SMILES string of the molecule is CC1=CC[C@@H](C)C[C@H]1I. The molecule has 0 amide bonds. The van der Waals surface area contributed by atoms with E-state index in [1.165, 1.54) is 12.8 Å². The van der Waals surface area contributed by atoms with Crippen molar-refractivity contribution in [1.29, 1.82) is 0 Å². The van der Waals surface area contributed by atoms with Crippen LogP contribution in [0.2, 0.25) is 0 Å². The van der Waals surface area contributed by atoms with Crippen molar-refractivity contribution in [3.63, 3.8) is 0 Å². The van der Waals surface area contributed by atoms with E-state index < -0.39 is 0 Å². The van der Waals surface area contributed by atoms with Gasteiger partial charge in [-0.25, -0.2) is 0 Å². The number of hydrogen-bond acceptors (Lipinski definition) is 0. The third-order valence-electron chi connectivity index (χ3n) is 1.95. The van der Waals surface area contributed by atoms with Gasteiger partial charge in [0.2, 0.25) is 0 Å². The first-order valence-corrected chi connectivity index (χ1v) is 4.75. The molecular formula is C8H13I. The molecule has 0 heterocycles. The van der Waals surface area contributed by atoms with Gasteiger partial charge < -0.3 is 0 Å². The quantitative estimate of drug-likeness (QED) is 0.344. The Balaban J connectivity index is 2.56. The van der Waals surface area contributed by atoms with E-state index in [9.17, 15) is 0 Å². The van der Waals surface area contributed by atoms with Crippen LogP contribution in [0.1, 0.15) is 26.7 Å². The van der Waals surface area contributed by atoms with Gasteiger partial charge in [0, 0.05) is 3.92 Å². The molecule has 0 N–H and O–H groups in total. The molecule has 9 heavy (non-hydrogen) atoms. The molecule has 1 heteroatoms. The predicted molar refractivity (Wildman–Crippen MR) is 50.0 cm³/mol. The first-order valence-electron chi connectivity index (χ1n) is 3.51. The van der Waals surface area contributed by atoms with Crippen LogP contribution in [0.3, 0.4) is 0 Å². The maximum absolute atomic E-state index is 2.53. The first-order chi connectivity index (χ1) is 4.20. The van der Waals surface area contributed by atoms with Crippen LogP contribution in [0, 0.1) is 5.92 Å². The van der Waals surface area contributed by atoms with E-state index in [2.05, 4.69) is 42.5 Å². The van der Waals surface area contributed by atoms with Gasteiger partial charge in [0.25, 0.3) is 0 Å². The van der Waals surface area contributed by atoms with Gasteiger partial charge in [-0.05, 0) is 25.7 Å². The Morgan fingerprint density at radius 3 is 2.78 bits per heavy atom. The molecule has 0 bridgehead atoms. The summed E-state index contributed by atoms with van der Waals surface area (Å²) >= 11 is 2.53. The second kappa shape index (κ2) is 3.04. The fraction of sp³-hybridized carbons (Fsp3) is 0.750. The second-order valence-electron chi connectivity index (χ2n) is 2.99. The van der Waals surface area contributed by atoms with E-state index in [-0.39, 0.29) is 0 Å². The summed E-state index contributed by atoms with van der Waals surface area (Å²) in [5.74, 6) is 0.913. The van der Waals surface area contributed by atoms with E-state index in [4.69, 9.17) is 0 Å². The van der Waals surface area contributed by atoms with Crippen LogP contribution in [-0.4, -0.2) is 3.92 Å². The number of halogens is 1. The highest BCUT2D eigenvalue weighted by molar-refractivity contribution is 14.1. The van der Waals surface area contributed by atoms with Gasteiger partial charge in [-0.3, -0.25) is 0 Å². The second-order valence-corrected chi connectivity index (χ2v) is 4.50. The molecule has 0 aromatic rings. The molecule has 0 unspecified atom stereocenters. The van der Waals surface area contributed by atoms with Crippen LogP contribution in [0.15, 0.2) is 11.6 Å². The lowest BCUT2D eigenvalue weighted by Gasteiger charge is -2.20. The maximum atomic E-state index is 2.53. The first kappa shape index (κ1) is 7.58. The largest absolute Gasteiger partial charge is 0.0843 e. The average Bonchev–Trinajstić information content (AvgIpc) is 1.80. The minimum absolute atomic E-state index is 0.811. The molecule has 1 rings (SSSR count). The molecule has 0 spiro atoms. The number of hydrogen-bond donors (Lipinski definition) is 0. The van der Waals surface area contributed by atoms with Crippen molar-refractivity contribution in [2.75, 3.05) is 0 Å². The van der Waals surface area contributed by atoms with Crippen LogP contribution < -0.4 is 0 Å². The molecule has 0 nitrogen and oxygen atoms in total. The lowest BCUT2D eigenvalue weighted by molar-refractivity contribution is 0.529. The monoisotopic (exact) mass is 236 g/mol. The summed E-state index contributed by atoms with van der Waals surface area (Å²) in [5.41, 5.74) is 1.58. The van der Waals surface area contributed by atoms with Gasteiger partial charge in [0.15, 0.2) is 0 Å². The Hall–Kier alpha value is 0.470. The van der Waals surface area contributed by atoms with E-state index >= 15 is 0 Å². The van der Waals surface area contributed by atoms with Gasteiger partial charge >= 0.3 is 0 Å². The Bertz CT molecular complexity index is 127. The minimum atomic E-state index is 0.811. The van der Waals surface area contributed by atoms with Crippen LogP contribution in [0.4, 0.5) is 0 Å².